The number of benzene rings is 6. The third-order valence-corrected chi connectivity index (χ3v) is 8.33. The second-order valence-electron chi connectivity index (χ2n) is 11.2. The summed E-state index contributed by atoms with van der Waals surface area (Å²) in [5.41, 5.74) is 10.1. The average molecular weight is 582 g/mol. The molecule has 5 heteroatoms. The zero-order valence-corrected chi connectivity index (χ0v) is 24.6. The summed E-state index contributed by atoms with van der Waals surface area (Å²) in [5, 5.41) is 7.26. The van der Waals surface area contributed by atoms with Gasteiger partial charge in [-0.15, -0.1) is 0 Å². The first-order valence-electron chi connectivity index (χ1n) is 15.2. The first kappa shape index (κ1) is 26.7. The number of amidine groups is 2. The van der Waals surface area contributed by atoms with Crippen molar-refractivity contribution in [2.45, 2.75) is 12.3 Å². The molecule has 216 valence electrons. The molecule has 0 bridgehead atoms. The van der Waals surface area contributed by atoms with Crippen molar-refractivity contribution >= 4 is 28.7 Å². The van der Waals surface area contributed by atoms with Crippen LogP contribution in [-0.4, -0.2) is 11.7 Å². The lowest BCUT2D eigenvalue weighted by Crippen LogP contribution is -2.36. The van der Waals surface area contributed by atoms with Crippen molar-refractivity contribution in [3.8, 4) is 11.1 Å². The van der Waals surface area contributed by atoms with Gasteiger partial charge in [-0.25, -0.2) is 9.98 Å². The van der Waals surface area contributed by atoms with E-state index < -0.39 is 0 Å². The minimum absolute atomic E-state index is 0.00315. The summed E-state index contributed by atoms with van der Waals surface area (Å²) >= 11 is 0. The lowest BCUT2D eigenvalue weighted by atomic mass is 10.00. The summed E-state index contributed by atoms with van der Waals surface area (Å²) in [7, 11) is 0. The molecule has 2 atom stereocenters. The van der Waals surface area contributed by atoms with Gasteiger partial charge in [-0.2, -0.15) is 0 Å². The molecule has 0 aromatic heterocycles. The van der Waals surface area contributed by atoms with Crippen LogP contribution in [0.2, 0.25) is 0 Å². The highest BCUT2D eigenvalue weighted by atomic mass is 15.3. The first-order valence-corrected chi connectivity index (χ1v) is 15.2. The van der Waals surface area contributed by atoms with Gasteiger partial charge in [0.25, 0.3) is 0 Å². The van der Waals surface area contributed by atoms with Gasteiger partial charge in [0.05, 0.1) is 11.4 Å². The highest BCUT2D eigenvalue weighted by Gasteiger charge is 2.30. The molecule has 0 amide bonds. The Labute approximate surface area is 263 Å². The summed E-state index contributed by atoms with van der Waals surface area (Å²) in [4.78, 5) is 12.4. The van der Waals surface area contributed by atoms with Gasteiger partial charge < -0.3 is 15.5 Å². The van der Waals surface area contributed by atoms with Crippen LogP contribution in [-0.2, 0) is 0 Å². The molecule has 2 unspecified atom stereocenters. The van der Waals surface area contributed by atoms with Crippen LogP contribution in [0.15, 0.2) is 174 Å². The summed E-state index contributed by atoms with van der Waals surface area (Å²) < 4.78 is 0. The fourth-order valence-electron chi connectivity index (χ4n) is 6.08. The summed E-state index contributed by atoms with van der Waals surface area (Å²) in [6.45, 7) is 0. The van der Waals surface area contributed by atoms with Gasteiger partial charge in [0.15, 0.2) is 6.17 Å². The van der Waals surface area contributed by atoms with Crippen molar-refractivity contribution in [2.75, 3.05) is 10.2 Å². The Morgan fingerprint density at radius 2 is 1.07 bits per heavy atom. The summed E-state index contributed by atoms with van der Waals surface area (Å²) in [6, 6.07) is 57.0. The fourth-order valence-corrected chi connectivity index (χ4v) is 6.08. The Kier molecular flexibility index (Phi) is 6.89. The van der Waals surface area contributed by atoms with Gasteiger partial charge in [-0.1, -0.05) is 133 Å². The van der Waals surface area contributed by atoms with Crippen molar-refractivity contribution in [1.82, 2.24) is 5.32 Å². The van der Waals surface area contributed by atoms with Crippen molar-refractivity contribution in [2.24, 2.45) is 9.98 Å². The zero-order chi connectivity index (χ0) is 30.0. The number of anilines is 3. The predicted octanol–water partition coefficient (Wildman–Crippen LogP) is 9.11. The number of nitrogens with one attached hydrogen (secondary N) is 2. The largest absolute Gasteiger partial charge is 0.359 e. The van der Waals surface area contributed by atoms with E-state index in [9.17, 15) is 0 Å². The molecule has 0 saturated carbocycles. The van der Waals surface area contributed by atoms with E-state index in [2.05, 4.69) is 143 Å². The smallest absolute Gasteiger partial charge is 0.169 e. The Morgan fingerprint density at radius 3 is 1.82 bits per heavy atom. The number of rotatable bonds is 6. The van der Waals surface area contributed by atoms with Crippen LogP contribution in [0.25, 0.3) is 11.1 Å². The second-order valence-corrected chi connectivity index (χ2v) is 11.2. The van der Waals surface area contributed by atoms with E-state index in [4.69, 9.17) is 9.98 Å². The molecule has 5 nitrogen and oxygen atoms in total. The molecule has 2 N–H and O–H groups in total. The molecule has 8 rings (SSSR count). The van der Waals surface area contributed by atoms with Crippen molar-refractivity contribution in [3.05, 3.63) is 186 Å². The standard InChI is InChI=1S/C40H31N5/c1-4-13-29(14-5-1)37-42-38(30-15-6-2-7-16-30)44-39(43-37)33-18-12-17-32(27-33)28-23-25-31(26-24-28)40-41-35-21-10-11-22-36(35)45(40)34-19-8-3-9-20-34/h1-27,37,40-41H,(H,42,43,44). The maximum Gasteiger partial charge on any atom is 0.169 e. The van der Waals surface area contributed by atoms with Gasteiger partial charge >= 0.3 is 0 Å². The minimum atomic E-state index is -0.323. The normalized spacial score (nSPS) is 17.0. The van der Waals surface area contributed by atoms with E-state index >= 15 is 0 Å². The topological polar surface area (TPSA) is 52.0 Å². The van der Waals surface area contributed by atoms with Crippen LogP contribution in [0.1, 0.15) is 34.6 Å². The maximum absolute atomic E-state index is 5.06. The highest BCUT2D eigenvalue weighted by molar-refractivity contribution is 6.16. The Balaban J connectivity index is 1.10. The van der Waals surface area contributed by atoms with Gasteiger partial charge in [0.1, 0.15) is 17.8 Å². The van der Waals surface area contributed by atoms with Crippen LogP contribution < -0.4 is 15.5 Å². The van der Waals surface area contributed by atoms with Gasteiger partial charge in [0, 0.05) is 16.8 Å². The third-order valence-electron chi connectivity index (χ3n) is 8.33. The van der Waals surface area contributed by atoms with Crippen molar-refractivity contribution < 1.29 is 0 Å². The van der Waals surface area contributed by atoms with Crippen LogP contribution in [0, 0.1) is 0 Å². The van der Waals surface area contributed by atoms with Gasteiger partial charge in [0.2, 0.25) is 0 Å². The molecule has 0 fully saturated rings. The first-order chi connectivity index (χ1) is 22.3. The van der Waals surface area contributed by atoms with Crippen molar-refractivity contribution in [1.29, 1.82) is 0 Å². The fraction of sp³-hybridized carbons (Fsp3) is 0.0500. The Morgan fingerprint density at radius 1 is 0.467 bits per heavy atom. The average Bonchev–Trinajstić information content (AvgIpc) is 3.52. The number of aliphatic imine (C=N–C) groups is 2. The van der Waals surface area contributed by atoms with E-state index in [0.29, 0.717) is 0 Å². The molecule has 0 saturated heterocycles. The highest BCUT2D eigenvalue weighted by Crippen LogP contribution is 2.45. The number of para-hydroxylation sites is 3. The van der Waals surface area contributed by atoms with Crippen molar-refractivity contribution in [3.63, 3.8) is 0 Å². The molecule has 0 spiro atoms. The Bertz CT molecular complexity index is 2000. The molecule has 6 aromatic carbocycles. The molecule has 6 aromatic rings. The van der Waals surface area contributed by atoms with E-state index in [0.717, 1.165) is 50.9 Å². The Hall–Kier alpha value is -5.94. The predicted molar refractivity (Wildman–Crippen MR) is 185 cm³/mol. The second kappa shape index (κ2) is 11.6. The lowest BCUT2D eigenvalue weighted by Gasteiger charge is -2.27. The van der Waals surface area contributed by atoms with E-state index in [1.807, 2.05) is 36.4 Å². The van der Waals surface area contributed by atoms with E-state index in [-0.39, 0.29) is 12.3 Å². The molecule has 2 aliphatic heterocycles. The van der Waals surface area contributed by atoms with E-state index in [1.54, 1.807) is 0 Å². The number of hydrogen-bond donors (Lipinski definition) is 2. The molecule has 0 aliphatic carbocycles. The SMILES string of the molecule is c1ccc(C2=NC(c3ccccc3)N=C(c3cccc(-c4ccc(C5Nc6ccccc6N5c5ccccc5)cc4)c3)N2)cc1. The molecular formula is C40H31N5. The van der Waals surface area contributed by atoms with Crippen LogP contribution in [0.3, 0.4) is 0 Å². The molecule has 2 heterocycles. The quantitative estimate of drug-likeness (QED) is 0.206. The molecular weight excluding hydrogens is 550 g/mol. The third kappa shape index (κ3) is 5.25. The maximum atomic E-state index is 5.06. The summed E-state index contributed by atoms with van der Waals surface area (Å²) in [6.07, 6.45) is -0.326. The molecule has 0 radical (unpaired) electrons. The van der Waals surface area contributed by atoms with Crippen LogP contribution >= 0.6 is 0 Å². The molecule has 45 heavy (non-hydrogen) atoms. The molecule has 2 aliphatic rings. The minimum Gasteiger partial charge on any atom is -0.359 e. The number of hydrogen-bond acceptors (Lipinski definition) is 5. The number of nitrogens with zero attached hydrogens (tertiary/aromatic N) is 3. The zero-order valence-electron chi connectivity index (χ0n) is 24.6. The monoisotopic (exact) mass is 581 g/mol. The summed E-state index contributed by atoms with van der Waals surface area (Å²) in [5.74, 6) is 1.62. The van der Waals surface area contributed by atoms with Crippen LogP contribution in [0.5, 0.6) is 0 Å². The number of fused-ring (bicyclic) bond motifs is 1. The van der Waals surface area contributed by atoms with Crippen LogP contribution in [0.4, 0.5) is 17.1 Å². The van der Waals surface area contributed by atoms with Gasteiger partial charge in [-0.3, -0.25) is 0 Å². The van der Waals surface area contributed by atoms with E-state index in [1.165, 1.54) is 11.3 Å². The van der Waals surface area contributed by atoms with Gasteiger partial charge in [-0.05, 0) is 52.6 Å². The lowest BCUT2D eigenvalue weighted by molar-refractivity contribution is 0.756.